The molecular formula is C57H39N3S. The van der Waals surface area contributed by atoms with Crippen molar-refractivity contribution in [2.24, 2.45) is 0 Å². The monoisotopic (exact) mass is 797 g/mol. The van der Waals surface area contributed by atoms with E-state index in [1.54, 1.807) is 0 Å². The molecule has 2 heterocycles. The fourth-order valence-corrected chi connectivity index (χ4v) is 10.1. The van der Waals surface area contributed by atoms with Gasteiger partial charge in [-0.1, -0.05) is 194 Å². The Labute approximate surface area is 360 Å². The minimum atomic E-state index is 0.354. The number of fused-ring (bicyclic) bond motifs is 3. The minimum absolute atomic E-state index is 0.354. The zero-order valence-corrected chi connectivity index (χ0v) is 34.1. The molecule has 1 aliphatic heterocycles. The predicted octanol–water partition coefficient (Wildman–Crippen LogP) is 14.8. The number of hydrogen-bond donors (Lipinski definition) is 0. The summed E-state index contributed by atoms with van der Waals surface area (Å²) in [5.74, 6) is 2.28. The summed E-state index contributed by atoms with van der Waals surface area (Å²) >= 11 is 1.97. The quantitative estimate of drug-likeness (QED) is 0.153. The van der Waals surface area contributed by atoms with Crippen LogP contribution in [-0.4, -0.2) is 20.2 Å². The summed E-state index contributed by atoms with van der Waals surface area (Å²) in [5.41, 5.74) is 16.0. The van der Waals surface area contributed by atoms with Crippen LogP contribution in [0.25, 0.3) is 84.2 Å². The molecule has 0 bridgehead atoms. The first-order chi connectivity index (χ1) is 30.2. The zero-order valence-electron chi connectivity index (χ0n) is 33.3. The summed E-state index contributed by atoms with van der Waals surface area (Å²) in [5, 5.41) is 0.354. The number of thioether (sulfide) groups is 1. The standard InChI is InChI=1S/C57H39N3S/c1-4-14-38(15-5-1)41-26-30-43(31-27-41)55-58-56(44-32-28-42(29-33-44)50-23-13-24-52-51-22-10-11-25-53(51)61-54(50)52)60-57(59-55)46-21-12-20-45(34-46)49-36-47(39-16-6-2-7-17-39)35-48(37-49)40-18-8-3-9-19-40/h1-37,52,54H. The van der Waals surface area contributed by atoms with Crippen LogP contribution in [0.3, 0.4) is 0 Å². The Morgan fingerprint density at radius 3 is 1.33 bits per heavy atom. The number of rotatable bonds is 8. The van der Waals surface area contributed by atoms with Gasteiger partial charge in [0.25, 0.3) is 0 Å². The van der Waals surface area contributed by atoms with E-state index in [9.17, 15) is 0 Å². The van der Waals surface area contributed by atoms with Crippen LogP contribution in [0, 0.1) is 0 Å². The van der Waals surface area contributed by atoms with E-state index < -0.39 is 0 Å². The van der Waals surface area contributed by atoms with Gasteiger partial charge in [-0.25, -0.2) is 15.0 Å². The molecule has 0 saturated carbocycles. The van der Waals surface area contributed by atoms with E-state index in [0.717, 1.165) is 33.4 Å². The molecule has 0 saturated heterocycles. The number of allylic oxidation sites excluding steroid dienone is 3. The fourth-order valence-electron chi connectivity index (χ4n) is 8.58. The van der Waals surface area contributed by atoms with Gasteiger partial charge in [-0.2, -0.15) is 0 Å². The molecule has 2 aliphatic rings. The van der Waals surface area contributed by atoms with Crippen LogP contribution in [0.2, 0.25) is 0 Å². The Kier molecular flexibility index (Phi) is 9.61. The lowest BCUT2D eigenvalue weighted by Crippen LogP contribution is -2.13. The molecular weight excluding hydrogens is 759 g/mol. The molecule has 3 nitrogen and oxygen atoms in total. The van der Waals surface area contributed by atoms with E-state index in [2.05, 4.69) is 218 Å². The third-order valence-corrected chi connectivity index (χ3v) is 13.1. The molecule has 1 aliphatic carbocycles. The summed E-state index contributed by atoms with van der Waals surface area (Å²) in [6, 6.07) is 73.2. The summed E-state index contributed by atoms with van der Waals surface area (Å²) < 4.78 is 0. The average Bonchev–Trinajstić information content (AvgIpc) is 3.74. The van der Waals surface area contributed by atoms with Gasteiger partial charge in [-0.15, -0.1) is 11.8 Å². The van der Waals surface area contributed by atoms with E-state index in [1.165, 1.54) is 49.4 Å². The fraction of sp³-hybridized carbons (Fsp3) is 0.0351. The molecule has 4 heteroatoms. The van der Waals surface area contributed by atoms with Crippen LogP contribution >= 0.6 is 11.8 Å². The zero-order chi connectivity index (χ0) is 40.5. The van der Waals surface area contributed by atoms with Crippen molar-refractivity contribution < 1.29 is 0 Å². The number of hydrogen-bond acceptors (Lipinski definition) is 4. The smallest absolute Gasteiger partial charge is 0.164 e. The lowest BCUT2D eigenvalue weighted by molar-refractivity contribution is 0.893. The van der Waals surface area contributed by atoms with E-state index in [-0.39, 0.29) is 0 Å². The van der Waals surface area contributed by atoms with Crippen LogP contribution in [0.1, 0.15) is 17.0 Å². The van der Waals surface area contributed by atoms with Crippen molar-refractivity contribution in [3.63, 3.8) is 0 Å². The molecule has 61 heavy (non-hydrogen) atoms. The van der Waals surface area contributed by atoms with Crippen molar-refractivity contribution in [1.29, 1.82) is 0 Å². The van der Waals surface area contributed by atoms with Crippen LogP contribution in [-0.2, 0) is 0 Å². The van der Waals surface area contributed by atoms with Gasteiger partial charge < -0.3 is 0 Å². The van der Waals surface area contributed by atoms with Crippen LogP contribution in [0.15, 0.2) is 229 Å². The molecule has 0 N–H and O–H groups in total. The van der Waals surface area contributed by atoms with Crippen molar-refractivity contribution in [1.82, 2.24) is 15.0 Å². The molecule has 0 radical (unpaired) electrons. The van der Waals surface area contributed by atoms with Gasteiger partial charge in [0, 0.05) is 32.8 Å². The Balaban J connectivity index is 0.988. The predicted molar refractivity (Wildman–Crippen MR) is 254 cm³/mol. The highest BCUT2D eigenvalue weighted by atomic mass is 32.2. The van der Waals surface area contributed by atoms with Gasteiger partial charge in [0.2, 0.25) is 0 Å². The van der Waals surface area contributed by atoms with E-state index >= 15 is 0 Å². The van der Waals surface area contributed by atoms with E-state index in [4.69, 9.17) is 15.0 Å². The Morgan fingerprint density at radius 1 is 0.328 bits per heavy atom. The summed E-state index contributed by atoms with van der Waals surface area (Å²) in [7, 11) is 0. The van der Waals surface area contributed by atoms with Gasteiger partial charge in [0.05, 0.1) is 0 Å². The first-order valence-electron chi connectivity index (χ1n) is 20.7. The summed E-state index contributed by atoms with van der Waals surface area (Å²) in [6.07, 6.45) is 6.84. The first-order valence-corrected chi connectivity index (χ1v) is 21.6. The normalized spacial score (nSPS) is 15.2. The van der Waals surface area contributed by atoms with Gasteiger partial charge >= 0.3 is 0 Å². The van der Waals surface area contributed by atoms with Crippen molar-refractivity contribution in [3.05, 3.63) is 236 Å². The van der Waals surface area contributed by atoms with Gasteiger partial charge in [0.1, 0.15) is 0 Å². The highest BCUT2D eigenvalue weighted by Gasteiger charge is 2.35. The van der Waals surface area contributed by atoms with Crippen molar-refractivity contribution >= 4 is 17.3 Å². The largest absolute Gasteiger partial charge is 0.208 e. The average molecular weight is 798 g/mol. The lowest BCUT2D eigenvalue weighted by atomic mass is 9.85. The van der Waals surface area contributed by atoms with Crippen molar-refractivity contribution in [3.8, 4) is 78.7 Å². The highest BCUT2D eigenvalue weighted by molar-refractivity contribution is 8.00. The molecule has 0 fully saturated rings. The van der Waals surface area contributed by atoms with Gasteiger partial charge in [-0.3, -0.25) is 0 Å². The second-order valence-corrected chi connectivity index (χ2v) is 16.7. The molecule has 2 unspecified atom stereocenters. The Morgan fingerprint density at radius 2 is 0.738 bits per heavy atom. The van der Waals surface area contributed by atoms with Crippen LogP contribution < -0.4 is 0 Å². The maximum atomic E-state index is 5.20. The first kappa shape index (κ1) is 36.7. The molecule has 8 aromatic carbocycles. The molecule has 2 atom stereocenters. The second-order valence-electron chi connectivity index (χ2n) is 15.5. The molecule has 0 amide bonds. The molecule has 9 aromatic rings. The molecule has 288 valence electrons. The lowest BCUT2D eigenvalue weighted by Gasteiger charge is -2.23. The SMILES string of the molecule is C1=CC2c3ccccc3SC2C(c2ccc(-c3nc(-c4ccc(-c5ccccc5)cc4)nc(-c4cccc(-c5cc(-c6ccccc6)cc(-c6ccccc6)c5)c4)n3)cc2)=C1. The maximum absolute atomic E-state index is 5.20. The number of benzene rings is 8. The molecule has 11 rings (SSSR count). The van der Waals surface area contributed by atoms with Crippen LogP contribution in [0.4, 0.5) is 0 Å². The van der Waals surface area contributed by atoms with Crippen LogP contribution in [0.5, 0.6) is 0 Å². The second kappa shape index (κ2) is 16.0. The molecule has 0 spiro atoms. The topological polar surface area (TPSA) is 38.7 Å². The maximum Gasteiger partial charge on any atom is 0.164 e. The number of aromatic nitrogens is 3. The number of nitrogens with zero attached hydrogens (tertiary/aromatic N) is 3. The van der Waals surface area contributed by atoms with Gasteiger partial charge in [0.15, 0.2) is 17.5 Å². The van der Waals surface area contributed by atoms with Gasteiger partial charge in [-0.05, 0) is 91.5 Å². The summed E-state index contributed by atoms with van der Waals surface area (Å²) in [4.78, 5) is 16.9. The highest BCUT2D eigenvalue weighted by Crippen LogP contribution is 2.52. The molecule has 1 aromatic heterocycles. The minimum Gasteiger partial charge on any atom is -0.208 e. The van der Waals surface area contributed by atoms with E-state index in [1.807, 2.05) is 17.8 Å². The van der Waals surface area contributed by atoms with E-state index in [0.29, 0.717) is 28.6 Å². The third kappa shape index (κ3) is 7.32. The summed E-state index contributed by atoms with van der Waals surface area (Å²) in [6.45, 7) is 0. The third-order valence-electron chi connectivity index (χ3n) is 11.7. The Bertz CT molecular complexity index is 3030. The Hall–Kier alpha value is -7.40. The van der Waals surface area contributed by atoms with Crippen molar-refractivity contribution in [2.75, 3.05) is 0 Å². The van der Waals surface area contributed by atoms with Crippen molar-refractivity contribution in [2.45, 2.75) is 16.1 Å².